The predicted molar refractivity (Wildman–Crippen MR) is 106 cm³/mol. The third-order valence-electron chi connectivity index (χ3n) is 6.11. The number of aromatic nitrogens is 2. The highest BCUT2D eigenvalue weighted by molar-refractivity contribution is 5.82. The lowest BCUT2D eigenvalue weighted by Gasteiger charge is -2.39. The summed E-state index contributed by atoms with van der Waals surface area (Å²) in [6.45, 7) is 2.79. The highest BCUT2D eigenvalue weighted by Gasteiger charge is 2.40. The van der Waals surface area contributed by atoms with Crippen molar-refractivity contribution in [1.82, 2.24) is 15.0 Å². The van der Waals surface area contributed by atoms with E-state index in [0.717, 1.165) is 12.5 Å². The Morgan fingerprint density at radius 2 is 1.97 bits per heavy atom. The quantitative estimate of drug-likeness (QED) is 0.645. The molecule has 0 N–H and O–H groups in total. The number of fused-ring (bicyclic) bond motifs is 1. The van der Waals surface area contributed by atoms with Crippen LogP contribution < -0.4 is 9.47 Å². The molecule has 3 aliphatic rings. The zero-order valence-corrected chi connectivity index (χ0v) is 17.0. The fraction of sp³-hybridized carbons (Fsp3) is 0.591. The average molecular weight is 413 g/mol. The Kier molecular flexibility index (Phi) is 5.57. The Balaban J connectivity index is 1.06. The monoisotopic (exact) mass is 413 g/mol. The number of nitrogens with zero attached hydrogens (tertiary/aromatic N) is 3. The molecular formula is C22H27N3O5. The zero-order chi connectivity index (χ0) is 20.3. The Morgan fingerprint density at radius 3 is 2.80 bits per heavy atom. The van der Waals surface area contributed by atoms with Gasteiger partial charge < -0.3 is 23.6 Å². The van der Waals surface area contributed by atoms with E-state index < -0.39 is 6.10 Å². The number of carbonyl (C=O) groups excluding carboxylic acids is 1. The topological polar surface area (TPSA) is 86.9 Å². The van der Waals surface area contributed by atoms with Crippen LogP contribution in [-0.4, -0.2) is 60.0 Å². The molecule has 8 nitrogen and oxygen atoms in total. The first-order chi connectivity index (χ1) is 14.8. The van der Waals surface area contributed by atoms with Gasteiger partial charge in [-0.2, -0.15) is 4.98 Å². The maximum absolute atomic E-state index is 12.7. The summed E-state index contributed by atoms with van der Waals surface area (Å²) in [6.07, 6.45) is 5.27. The summed E-state index contributed by atoms with van der Waals surface area (Å²) in [7, 11) is 0. The predicted octanol–water partition coefficient (Wildman–Crippen LogP) is 2.58. The summed E-state index contributed by atoms with van der Waals surface area (Å²) in [5.74, 6) is 3.27. The van der Waals surface area contributed by atoms with Crippen LogP contribution in [0.15, 0.2) is 28.8 Å². The van der Waals surface area contributed by atoms with Gasteiger partial charge in [0.25, 0.3) is 5.91 Å². The molecule has 1 aliphatic carbocycles. The minimum atomic E-state index is -0.615. The van der Waals surface area contributed by atoms with Crippen LogP contribution in [0.4, 0.5) is 0 Å². The molecule has 1 amide bonds. The zero-order valence-electron chi connectivity index (χ0n) is 17.0. The van der Waals surface area contributed by atoms with E-state index >= 15 is 0 Å². The fourth-order valence-corrected chi connectivity index (χ4v) is 4.28. The lowest BCUT2D eigenvalue weighted by atomic mass is 9.99. The lowest BCUT2D eigenvalue weighted by molar-refractivity contribution is -0.146. The van der Waals surface area contributed by atoms with Gasteiger partial charge in [0.1, 0.15) is 6.61 Å². The standard InChI is InChI=1S/C22H27N3O5/c26-22(19-14-28-17-7-3-4-8-18(17)29-19)25-11-16(12-25)21-23-20(24-30-21)9-10-27-13-15-5-1-2-6-15/h3-4,7-8,15-16,19H,1-2,5-6,9-14H2. The minimum absolute atomic E-state index is 0.0687. The van der Waals surface area contributed by atoms with E-state index in [1.807, 2.05) is 24.3 Å². The van der Waals surface area contributed by atoms with Crippen molar-refractivity contribution in [1.29, 1.82) is 0 Å². The average Bonchev–Trinajstić information content (AvgIpc) is 3.42. The van der Waals surface area contributed by atoms with Crippen molar-refractivity contribution in [2.24, 2.45) is 5.92 Å². The van der Waals surface area contributed by atoms with Crippen LogP contribution in [0.25, 0.3) is 0 Å². The van der Waals surface area contributed by atoms with Gasteiger partial charge in [-0.1, -0.05) is 30.1 Å². The van der Waals surface area contributed by atoms with Gasteiger partial charge >= 0.3 is 0 Å². The van der Waals surface area contributed by atoms with E-state index in [1.54, 1.807) is 4.90 Å². The number of likely N-dealkylation sites (tertiary alicyclic amines) is 1. The van der Waals surface area contributed by atoms with Crippen LogP contribution >= 0.6 is 0 Å². The number of ether oxygens (including phenoxy) is 3. The third kappa shape index (κ3) is 4.14. The highest BCUT2D eigenvalue weighted by atomic mass is 16.6. The van der Waals surface area contributed by atoms with Gasteiger partial charge in [0.05, 0.1) is 12.5 Å². The SMILES string of the molecule is O=C(C1COc2ccccc2O1)N1CC(c2nc(CCOCC3CCCC3)no2)C1. The van der Waals surface area contributed by atoms with Crippen molar-refractivity contribution in [3.63, 3.8) is 0 Å². The van der Waals surface area contributed by atoms with Gasteiger partial charge in [0.2, 0.25) is 12.0 Å². The third-order valence-corrected chi connectivity index (χ3v) is 6.11. The van der Waals surface area contributed by atoms with E-state index in [1.165, 1.54) is 25.7 Å². The summed E-state index contributed by atoms with van der Waals surface area (Å²) in [6, 6.07) is 7.39. The molecule has 160 valence electrons. The molecule has 1 aromatic heterocycles. The fourth-order valence-electron chi connectivity index (χ4n) is 4.28. The molecular weight excluding hydrogens is 386 g/mol. The molecule has 1 saturated heterocycles. The van der Waals surface area contributed by atoms with Gasteiger partial charge in [0.15, 0.2) is 17.3 Å². The number of amides is 1. The van der Waals surface area contributed by atoms with Crippen LogP contribution in [0.3, 0.4) is 0 Å². The first-order valence-corrected chi connectivity index (χ1v) is 10.8. The smallest absolute Gasteiger partial charge is 0.267 e. The van der Waals surface area contributed by atoms with Gasteiger partial charge in [0, 0.05) is 26.1 Å². The van der Waals surface area contributed by atoms with Crippen molar-refractivity contribution in [2.45, 2.75) is 44.1 Å². The summed E-state index contributed by atoms with van der Waals surface area (Å²) < 4.78 is 22.6. The van der Waals surface area contributed by atoms with Gasteiger partial charge in [-0.15, -0.1) is 0 Å². The lowest BCUT2D eigenvalue weighted by Crippen LogP contribution is -2.55. The van der Waals surface area contributed by atoms with Crippen LogP contribution in [-0.2, 0) is 16.0 Å². The number of benzene rings is 1. The Bertz CT molecular complexity index is 873. The van der Waals surface area contributed by atoms with Crippen molar-refractivity contribution >= 4 is 5.91 Å². The molecule has 1 atom stereocenters. The molecule has 2 fully saturated rings. The number of carbonyl (C=O) groups is 1. The number of para-hydroxylation sites is 2. The minimum Gasteiger partial charge on any atom is -0.485 e. The highest BCUT2D eigenvalue weighted by Crippen LogP contribution is 2.33. The van der Waals surface area contributed by atoms with Crippen LogP contribution in [0.1, 0.15) is 43.3 Å². The summed E-state index contributed by atoms with van der Waals surface area (Å²) in [5.41, 5.74) is 0. The molecule has 3 heterocycles. The molecule has 1 unspecified atom stereocenters. The van der Waals surface area contributed by atoms with E-state index in [-0.39, 0.29) is 18.4 Å². The number of rotatable bonds is 7. The van der Waals surface area contributed by atoms with Gasteiger partial charge in [-0.25, -0.2) is 0 Å². The molecule has 5 rings (SSSR count). The maximum Gasteiger partial charge on any atom is 0.267 e. The van der Waals surface area contributed by atoms with Crippen molar-refractivity contribution in [3.05, 3.63) is 36.0 Å². The van der Waals surface area contributed by atoms with E-state index in [4.69, 9.17) is 18.7 Å². The normalized spacial score (nSPS) is 21.6. The molecule has 2 aliphatic heterocycles. The molecule has 2 aromatic rings. The molecule has 0 bridgehead atoms. The van der Waals surface area contributed by atoms with Gasteiger partial charge in [-0.05, 0) is 30.9 Å². The van der Waals surface area contributed by atoms with Gasteiger partial charge in [-0.3, -0.25) is 4.79 Å². The maximum atomic E-state index is 12.7. The Labute approximate surface area is 175 Å². The summed E-state index contributed by atoms with van der Waals surface area (Å²) in [4.78, 5) is 18.9. The second-order valence-electron chi connectivity index (χ2n) is 8.33. The Morgan fingerprint density at radius 1 is 1.17 bits per heavy atom. The summed E-state index contributed by atoms with van der Waals surface area (Å²) >= 11 is 0. The van der Waals surface area contributed by atoms with Crippen molar-refractivity contribution in [2.75, 3.05) is 32.9 Å². The second kappa shape index (κ2) is 8.63. The van der Waals surface area contributed by atoms with Crippen LogP contribution in [0, 0.1) is 5.92 Å². The van der Waals surface area contributed by atoms with E-state index in [9.17, 15) is 4.79 Å². The van der Waals surface area contributed by atoms with E-state index in [2.05, 4.69) is 10.1 Å². The molecule has 0 radical (unpaired) electrons. The van der Waals surface area contributed by atoms with Crippen LogP contribution in [0.2, 0.25) is 0 Å². The number of hydrogen-bond acceptors (Lipinski definition) is 7. The first kappa shape index (κ1) is 19.4. The molecule has 8 heteroatoms. The number of hydrogen-bond donors (Lipinski definition) is 0. The van der Waals surface area contributed by atoms with Crippen LogP contribution in [0.5, 0.6) is 11.5 Å². The Hall–Kier alpha value is -2.61. The first-order valence-electron chi connectivity index (χ1n) is 10.8. The summed E-state index contributed by atoms with van der Waals surface area (Å²) in [5, 5.41) is 4.06. The molecule has 1 aromatic carbocycles. The van der Waals surface area contributed by atoms with Crippen molar-refractivity contribution < 1.29 is 23.5 Å². The largest absolute Gasteiger partial charge is 0.485 e. The van der Waals surface area contributed by atoms with E-state index in [0.29, 0.717) is 49.3 Å². The second-order valence-corrected chi connectivity index (χ2v) is 8.33. The van der Waals surface area contributed by atoms with Crippen molar-refractivity contribution in [3.8, 4) is 11.5 Å². The molecule has 0 spiro atoms. The molecule has 30 heavy (non-hydrogen) atoms. The molecule has 1 saturated carbocycles.